The Kier molecular flexibility index (Phi) is 2.73. The summed E-state index contributed by atoms with van der Waals surface area (Å²) < 4.78 is 5.49. The predicted molar refractivity (Wildman–Crippen MR) is 73.6 cm³/mol. The Labute approximate surface area is 121 Å². The highest BCUT2D eigenvalue weighted by Crippen LogP contribution is 2.38. The minimum Gasteiger partial charge on any atom is -0.380 e. The third-order valence-electron chi connectivity index (χ3n) is 4.62. The van der Waals surface area contributed by atoms with Crippen molar-refractivity contribution in [3.63, 3.8) is 0 Å². The zero-order valence-corrected chi connectivity index (χ0v) is 11.4. The van der Waals surface area contributed by atoms with Crippen LogP contribution < -0.4 is 16.0 Å². The Bertz CT molecular complexity index is 621. The number of nitrogens with one attached hydrogen (secondary N) is 3. The Balaban J connectivity index is 1.56. The van der Waals surface area contributed by atoms with Gasteiger partial charge in [0.2, 0.25) is 5.91 Å². The van der Waals surface area contributed by atoms with Crippen LogP contribution in [0.4, 0.5) is 5.69 Å². The van der Waals surface area contributed by atoms with Crippen LogP contribution in [0.25, 0.3) is 0 Å². The van der Waals surface area contributed by atoms with Gasteiger partial charge in [-0.3, -0.25) is 9.59 Å². The van der Waals surface area contributed by atoms with E-state index in [1.54, 1.807) is 0 Å². The molecule has 0 saturated carbocycles. The van der Waals surface area contributed by atoms with E-state index in [0.717, 1.165) is 12.1 Å². The lowest BCUT2D eigenvalue weighted by Crippen LogP contribution is -2.42. The molecule has 0 spiro atoms. The number of ether oxygens (including phenoxy) is 1. The molecule has 0 radical (unpaired) electrons. The molecule has 0 unspecified atom stereocenters. The van der Waals surface area contributed by atoms with Crippen LogP contribution in [0.15, 0.2) is 12.3 Å². The van der Waals surface area contributed by atoms with Gasteiger partial charge in [0.25, 0.3) is 5.91 Å². The first-order chi connectivity index (χ1) is 10.2. The van der Waals surface area contributed by atoms with Gasteiger partial charge >= 0.3 is 0 Å². The summed E-state index contributed by atoms with van der Waals surface area (Å²) in [5.41, 5.74) is 1.41. The van der Waals surface area contributed by atoms with Crippen molar-refractivity contribution in [3.05, 3.63) is 23.5 Å². The Morgan fingerprint density at radius 2 is 2.43 bits per heavy atom. The van der Waals surface area contributed by atoms with E-state index in [-0.39, 0.29) is 17.7 Å². The molecule has 0 aliphatic carbocycles. The normalized spacial score (nSPS) is 29.9. The van der Waals surface area contributed by atoms with Gasteiger partial charge in [-0.25, -0.2) is 4.98 Å². The number of carbonyl (C=O) groups is 2. The number of nitrogens with zero attached hydrogens (tertiary/aromatic N) is 1. The van der Waals surface area contributed by atoms with Crippen LogP contribution in [0, 0.1) is 11.3 Å². The van der Waals surface area contributed by atoms with Gasteiger partial charge in [0.05, 0.1) is 30.5 Å². The third kappa shape index (κ3) is 1.85. The van der Waals surface area contributed by atoms with Crippen LogP contribution in [0.3, 0.4) is 0 Å². The molecule has 110 valence electrons. The number of amides is 2. The van der Waals surface area contributed by atoms with Crippen molar-refractivity contribution in [2.24, 2.45) is 11.3 Å². The molecule has 0 aromatic carbocycles. The molecular formula is C14H16N4O3. The van der Waals surface area contributed by atoms with E-state index in [0.29, 0.717) is 37.7 Å². The highest BCUT2D eigenvalue weighted by Gasteiger charge is 2.53. The molecule has 4 rings (SSSR count). The van der Waals surface area contributed by atoms with E-state index in [2.05, 4.69) is 20.9 Å². The van der Waals surface area contributed by atoms with Crippen molar-refractivity contribution < 1.29 is 14.3 Å². The van der Waals surface area contributed by atoms with Gasteiger partial charge in [-0.05, 0) is 6.07 Å². The molecule has 2 saturated heterocycles. The Morgan fingerprint density at radius 3 is 3.33 bits per heavy atom. The van der Waals surface area contributed by atoms with Gasteiger partial charge in [-0.2, -0.15) is 0 Å². The molecule has 3 N–H and O–H groups in total. The van der Waals surface area contributed by atoms with Crippen molar-refractivity contribution in [2.75, 3.05) is 31.6 Å². The van der Waals surface area contributed by atoms with Crippen LogP contribution in [0.5, 0.6) is 0 Å². The lowest BCUT2D eigenvalue weighted by Gasteiger charge is -2.24. The predicted octanol–water partition coefficient (Wildman–Crippen LogP) is -0.501. The van der Waals surface area contributed by atoms with Gasteiger partial charge in [-0.1, -0.05) is 0 Å². The maximum Gasteiger partial charge on any atom is 0.270 e. The molecule has 7 heteroatoms. The van der Waals surface area contributed by atoms with E-state index in [1.807, 2.05) is 6.07 Å². The molecular weight excluding hydrogens is 272 g/mol. The van der Waals surface area contributed by atoms with E-state index in [4.69, 9.17) is 4.74 Å². The first-order valence-electron chi connectivity index (χ1n) is 7.06. The standard InChI is InChI=1S/C14H16N4O3/c19-12-11-8(2-17-12)1-10(4-16-11)18-13(20)14-6-15-3-9(14)5-21-7-14/h1,4,9,15H,2-3,5-7H2,(H,17,19)(H,18,20)/t9-,14-/m0/s1. The Hall–Kier alpha value is -1.99. The molecule has 2 amide bonds. The second-order valence-electron chi connectivity index (χ2n) is 5.87. The van der Waals surface area contributed by atoms with Crippen LogP contribution in [0.1, 0.15) is 16.1 Å². The molecule has 4 heterocycles. The van der Waals surface area contributed by atoms with Gasteiger partial charge in [0.15, 0.2) is 0 Å². The van der Waals surface area contributed by atoms with Crippen molar-refractivity contribution in [3.8, 4) is 0 Å². The monoisotopic (exact) mass is 288 g/mol. The van der Waals surface area contributed by atoms with Gasteiger partial charge in [0.1, 0.15) is 5.69 Å². The highest BCUT2D eigenvalue weighted by molar-refractivity contribution is 5.99. The van der Waals surface area contributed by atoms with Gasteiger partial charge in [0, 0.05) is 31.1 Å². The first-order valence-corrected chi connectivity index (χ1v) is 7.06. The SMILES string of the molecule is O=C1NCc2cc(NC(=O)[C@]34CNC[C@H]3COC4)cnc21. The molecule has 0 bridgehead atoms. The molecule has 1 aromatic heterocycles. The lowest BCUT2D eigenvalue weighted by atomic mass is 9.80. The summed E-state index contributed by atoms with van der Waals surface area (Å²) in [5, 5.41) is 8.91. The number of pyridine rings is 1. The molecule has 2 fully saturated rings. The van der Waals surface area contributed by atoms with Crippen molar-refractivity contribution in [1.29, 1.82) is 0 Å². The quantitative estimate of drug-likeness (QED) is 0.682. The van der Waals surface area contributed by atoms with Crippen LogP contribution >= 0.6 is 0 Å². The summed E-state index contributed by atoms with van der Waals surface area (Å²) in [5.74, 6) is 0.0304. The topological polar surface area (TPSA) is 92.4 Å². The van der Waals surface area contributed by atoms with E-state index >= 15 is 0 Å². The zero-order chi connectivity index (χ0) is 14.4. The fraction of sp³-hybridized carbons (Fsp3) is 0.500. The summed E-state index contributed by atoms with van der Waals surface area (Å²) in [7, 11) is 0. The maximum absolute atomic E-state index is 12.6. The van der Waals surface area contributed by atoms with Gasteiger partial charge < -0.3 is 20.7 Å². The summed E-state index contributed by atoms with van der Waals surface area (Å²) >= 11 is 0. The zero-order valence-electron chi connectivity index (χ0n) is 11.4. The van der Waals surface area contributed by atoms with E-state index < -0.39 is 5.41 Å². The number of hydrogen-bond donors (Lipinski definition) is 3. The second kappa shape index (κ2) is 4.51. The molecule has 3 aliphatic rings. The smallest absolute Gasteiger partial charge is 0.270 e. The fourth-order valence-electron chi connectivity index (χ4n) is 3.34. The van der Waals surface area contributed by atoms with Crippen LogP contribution in [-0.2, 0) is 16.1 Å². The number of rotatable bonds is 2. The minimum absolute atomic E-state index is 0.0333. The number of aromatic nitrogens is 1. The largest absolute Gasteiger partial charge is 0.380 e. The number of fused-ring (bicyclic) bond motifs is 2. The average Bonchev–Trinajstić information content (AvgIpc) is 3.13. The van der Waals surface area contributed by atoms with Gasteiger partial charge in [-0.15, -0.1) is 0 Å². The number of carbonyl (C=O) groups excluding carboxylic acids is 2. The lowest BCUT2D eigenvalue weighted by molar-refractivity contribution is -0.125. The number of hydrogen-bond acceptors (Lipinski definition) is 5. The fourth-order valence-corrected chi connectivity index (χ4v) is 3.34. The van der Waals surface area contributed by atoms with Crippen molar-refractivity contribution in [2.45, 2.75) is 6.54 Å². The molecule has 7 nitrogen and oxygen atoms in total. The molecule has 21 heavy (non-hydrogen) atoms. The highest BCUT2D eigenvalue weighted by atomic mass is 16.5. The number of anilines is 1. The second-order valence-corrected chi connectivity index (χ2v) is 5.87. The van der Waals surface area contributed by atoms with E-state index in [9.17, 15) is 9.59 Å². The molecule has 3 aliphatic heterocycles. The van der Waals surface area contributed by atoms with Crippen LogP contribution in [-0.4, -0.2) is 43.1 Å². The average molecular weight is 288 g/mol. The summed E-state index contributed by atoms with van der Waals surface area (Å²) in [4.78, 5) is 28.2. The first kappa shape index (κ1) is 12.7. The summed E-state index contributed by atoms with van der Waals surface area (Å²) in [6.07, 6.45) is 1.53. The Morgan fingerprint density at radius 1 is 1.52 bits per heavy atom. The summed E-state index contributed by atoms with van der Waals surface area (Å²) in [6, 6.07) is 1.81. The summed E-state index contributed by atoms with van der Waals surface area (Å²) in [6.45, 7) is 3.00. The van der Waals surface area contributed by atoms with Crippen molar-refractivity contribution in [1.82, 2.24) is 15.6 Å². The van der Waals surface area contributed by atoms with Crippen molar-refractivity contribution >= 4 is 17.5 Å². The molecule has 1 aromatic rings. The maximum atomic E-state index is 12.6. The minimum atomic E-state index is -0.479. The molecule has 2 atom stereocenters. The van der Waals surface area contributed by atoms with Crippen LogP contribution in [0.2, 0.25) is 0 Å². The van der Waals surface area contributed by atoms with E-state index in [1.165, 1.54) is 6.20 Å². The third-order valence-corrected chi connectivity index (χ3v) is 4.62.